The van der Waals surface area contributed by atoms with Crippen LogP contribution in [-0.4, -0.2) is 30.3 Å². The van der Waals surface area contributed by atoms with Gasteiger partial charge < -0.3 is 9.47 Å². The molecule has 0 bridgehead atoms. The molecule has 0 unspecified atom stereocenters. The van der Waals surface area contributed by atoms with E-state index in [0.29, 0.717) is 18.1 Å². The molecule has 1 N–H and O–H groups in total. The van der Waals surface area contributed by atoms with Crippen molar-refractivity contribution < 1.29 is 14.3 Å². The third kappa shape index (κ3) is 5.94. The molecule has 0 fully saturated rings. The monoisotopic (exact) mass is 357 g/mol. The zero-order valence-electron chi connectivity index (χ0n) is 14.1. The SMILES string of the molecule is C#CCOc1ccc(/C=N\NC(=O)Cc2nc(C)cs2)cc1OCC. The molecule has 1 aromatic carbocycles. The molecule has 1 heterocycles. The van der Waals surface area contributed by atoms with E-state index in [0.717, 1.165) is 16.3 Å². The molecule has 0 aliphatic rings. The number of nitrogens with one attached hydrogen (secondary N) is 1. The molecule has 130 valence electrons. The molecule has 1 amide bonds. The fourth-order valence-corrected chi connectivity index (χ4v) is 2.72. The Kier molecular flexibility index (Phi) is 6.99. The number of carbonyl (C=O) groups is 1. The molecule has 0 spiro atoms. The third-order valence-electron chi connectivity index (χ3n) is 2.96. The van der Waals surface area contributed by atoms with E-state index in [9.17, 15) is 4.79 Å². The van der Waals surface area contributed by atoms with Gasteiger partial charge in [-0.1, -0.05) is 5.92 Å². The fraction of sp³-hybridized carbons (Fsp3) is 0.278. The lowest BCUT2D eigenvalue weighted by Crippen LogP contribution is -2.19. The maximum atomic E-state index is 11.8. The van der Waals surface area contributed by atoms with Crippen LogP contribution in [0.15, 0.2) is 28.7 Å². The summed E-state index contributed by atoms with van der Waals surface area (Å²) >= 11 is 1.45. The second-order valence-corrected chi connectivity index (χ2v) is 5.93. The molecule has 2 rings (SSSR count). The molecule has 0 radical (unpaired) electrons. The first kappa shape index (κ1) is 18.5. The summed E-state index contributed by atoms with van der Waals surface area (Å²) in [6.45, 7) is 4.44. The molecular weight excluding hydrogens is 338 g/mol. The molecule has 2 aromatic rings. The van der Waals surface area contributed by atoms with Crippen LogP contribution < -0.4 is 14.9 Å². The number of thiazole rings is 1. The summed E-state index contributed by atoms with van der Waals surface area (Å²) in [5.41, 5.74) is 4.16. The minimum Gasteiger partial charge on any atom is -0.490 e. The van der Waals surface area contributed by atoms with Gasteiger partial charge in [-0.3, -0.25) is 4.79 Å². The summed E-state index contributed by atoms with van der Waals surface area (Å²) in [6.07, 6.45) is 6.95. The first-order valence-corrected chi connectivity index (χ1v) is 8.56. The number of hydrogen-bond acceptors (Lipinski definition) is 6. The van der Waals surface area contributed by atoms with Gasteiger partial charge in [-0.2, -0.15) is 5.10 Å². The van der Waals surface area contributed by atoms with Crippen LogP contribution >= 0.6 is 11.3 Å². The second kappa shape index (κ2) is 9.45. The van der Waals surface area contributed by atoms with Gasteiger partial charge in [-0.05, 0) is 37.6 Å². The van der Waals surface area contributed by atoms with Crippen LogP contribution in [0.4, 0.5) is 0 Å². The normalized spacial score (nSPS) is 10.4. The van der Waals surface area contributed by atoms with Crippen LogP contribution in [0, 0.1) is 19.3 Å². The highest BCUT2D eigenvalue weighted by Crippen LogP contribution is 2.27. The summed E-state index contributed by atoms with van der Waals surface area (Å²) < 4.78 is 11.0. The number of nitrogens with zero attached hydrogens (tertiary/aromatic N) is 2. The number of aryl methyl sites for hydroxylation is 1. The number of aromatic nitrogens is 1. The standard InChI is InChI=1S/C18H19N3O3S/c1-4-8-24-15-7-6-14(9-16(15)23-5-2)11-19-21-17(22)10-18-20-13(3)12-25-18/h1,6-7,9,11-12H,5,8,10H2,2-3H3,(H,21,22)/b19-11-. The smallest absolute Gasteiger partial charge is 0.246 e. The molecule has 7 heteroatoms. The van der Waals surface area contributed by atoms with Gasteiger partial charge in [0.1, 0.15) is 11.6 Å². The maximum Gasteiger partial charge on any atom is 0.246 e. The Morgan fingerprint density at radius 3 is 2.96 bits per heavy atom. The quantitative estimate of drug-likeness (QED) is 0.448. The minimum absolute atomic E-state index is 0.166. The van der Waals surface area contributed by atoms with Crippen molar-refractivity contribution in [3.8, 4) is 23.8 Å². The largest absolute Gasteiger partial charge is 0.490 e. The topological polar surface area (TPSA) is 72.8 Å². The molecule has 0 aliphatic heterocycles. The summed E-state index contributed by atoms with van der Waals surface area (Å²) in [5.74, 6) is 3.34. The number of hydrogen-bond donors (Lipinski definition) is 1. The van der Waals surface area contributed by atoms with Crippen molar-refractivity contribution in [2.24, 2.45) is 5.10 Å². The van der Waals surface area contributed by atoms with Gasteiger partial charge in [0.2, 0.25) is 5.91 Å². The van der Waals surface area contributed by atoms with Crippen molar-refractivity contribution in [3.05, 3.63) is 39.8 Å². The van der Waals surface area contributed by atoms with Gasteiger partial charge in [0.25, 0.3) is 0 Å². The number of amides is 1. The summed E-state index contributed by atoms with van der Waals surface area (Å²) in [7, 11) is 0. The lowest BCUT2D eigenvalue weighted by atomic mass is 10.2. The molecule has 25 heavy (non-hydrogen) atoms. The first-order valence-electron chi connectivity index (χ1n) is 7.68. The molecular formula is C18H19N3O3S. The van der Waals surface area contributed by atoms with E-state index >= 15 is 0 Å². The van der Waals surface area contributed by atoms with E-state index in [1.54, 1.807) is 24.4 Å². The Balaban J connectivity index is 1.96. The number of terminal acetylenes is 1. The van der Waals surface area contributed by atoms with E-state index in [2.05, 4.69) is 21.4 Å². The fourth-order valence-electron chi connectivity index (χ4n) is 1.95. The Morgan fingerprint density at radius 2 is 2.28 bits per heavy atom. The van der Waals surface area contributed by atoms with Crippen LogP contribution in [0.25, 0.3) is 0 Å². The number of rotatable bonds is 8. The summed E-state index contributed by atoms with van der Waals surface area (Å²) in [5, 5.41) is 6.63. The summed E-state index contributed by atoms with van der Waals surface area (Å²) in [4.78, 5) is 16.1. The van der Waals surface area contributed by atoms with Crippen molar-refractivity contribution in [1.29, 1.82) is 0 Å². The highest BCUT2D eigenvalue weighted by atomic mass is 32.1. The molecule has 0 aliphatic carbocycles. The maximum absolute atomic E-state index is 11.8. The lowest BCUT2D eigenvalue weighted by molar-refractivity contribution is -0.120. The molecule has 6 nitrogen and oxygen atoms in total. The molecule has 0 saturated heterocycles. The number of benzene rings is 1. The van der Waals surface area contributed by atoms with E-state index in [-0.39, 0.29) is 18.9 Å². The minimum atomic E-state index is -0.218. The van der Waals surface area contributed by atoms with Gasteiger partial charge in [0.05, 0.1) is 19.2 Å². The Morgan fingerprint density at radius 1 is 1.44 bits per heavy atom. The lowest BCUT2D eigenvalue weighted by Gasteiger charge is -2.10. The second-order valence-electron chi connectivity index (χ2n) is 4.98. The zero-order chi connectivity index (χ0) is 18.1. The van der Waals surface area contributed by atoms with Crippen LogP contribution in [0.3, 0.4) is 0 Å². The highest BCUT2D eigenvalue weighted by molar-refractivity contribution is 7.09. The number of carbonyl (C=O) groups excluding carboxylic acids is 1. The molecule has 1 aromatic heterocycles. The van der Waals surface area contributed by atoms with E-state index in [1.165, 1.54) is 11.3 Å². The first-order chi connectivity index (χ1) is 12.1. The van der Waals surface area contributed by atoms with Gasteiger partial charge in [-0.25, -0.2) is 10.4 Å². The summed E-state index contributed by atoms with van der Waals surface area (Å²) in [6, 6.07) is 5.33. The zero-order valence-corrected chi connectivity index (χ0v) is 14.9. The average Bonchev–Trinajstić information content (AvgIpc) is 2.99. The predicted molar refractivity (Wildman–Crippen MR) is 98.2 cm³/mol. The van der Waals surface area contributed by atoms with Crippen molar-refractivity contribution in [2.45, 2.75) is 20.3 Å². The third-order valence-corrected chi connectivity index (χ3v) is 3.93. The Labute approximate surface area is 150 Å². The average molecular weight is 357 g/mol. The van der Waals surface area contributed by atoms with E-state index in [1.807, 2.05) is 19.2 Å². The highest BCUT2D eigenvalue weighted by Gasteiger charge is 2.07. The van der Waals surface area contributed by atoms with Gasteiger partial charge in [0.15, 0.2) is 11.5 Å². The molecule has 0 atom stereocenters. The van der Waals surface area contributed by atoms with Crippen LogP contribution in [0.5, 0.6) is 11.5 Å². The van der Waals surface area contributed by atoms with Crippen LogP contribution in [0.2, 0.25) is 0 Å². The predicted octanol–water partition coefficient (Wildman–Crippen LogP) is 2.56. The van der Waals surface area contributed by atoms with E-state index < -0.39 is 0 Å². The van der Waals surface area contributed by atoms with Gasteiger partial charge in [-0.15, -0.1) is 17.8 Å². The van der Waals surface area contributed by atoms with Crippen LogP contribution in [-0.2, 0) is 11.2 Å². The van der Waals surface area contributed by atoms with Gasteiger partial charge in [0, 0.05) is 11.1 Å². The van der Waals surface area contributed by atoms with Crippen LogP contribution in [0.1, 0.15) is 23.2 Å². The van der Waals surface area contributed by atoms with Crippen molar-refractivity contribution >= 4 is 23.5 Å². The van der Waals surface area contributed by atoms with Crippen molar-refractivity contribution in [3.63, 3.8) is 0 Å². The number of ether oxygens (including phenoxy) is 2. The van der Waals surface area contributed by atoms with E-state index in [4.69, 9.17) is 15.9 Å². The van der Waals surface area contributed by atoms with Crippen molar-refractivity contribution in [2.75, 3.05) is 13.2 Å². The Hall–Kier alpha value is -2.85. The van der Waals surface area contributed by atoms with Gasteiger partial charge >= 0.3 is 0 Å². The molecule has 0 saturated carbocycles. The Bertz CT molecular complexity index is 793. The van der Waals surface area contributed by atoms with Crippen molar-refractivity contribution in [1.82, 2.24) is 10.4 Å². The number of hydrazone groups is 1.